The third-order valence-electron chi connectivity index (χ3n) is 3.90. The molecular weight excluding hydrogens is 403 g/mol. The highest BCUT2D eigenvalue weighted by Crippen LogP contribution is 2.39. The summed E-state index contributed by atoms with van der Waals surface area (Å²) >= 11 is 13.3. The van der Waals surface area contributed by atoms with Gasteiger partial charge in [0.25, 0.3) is 0 Å². The van der Waals surface area contributed by atoms with Gasteiger partial charge in [-0.25, -0.2) is 0 Å². The van der Waals surface area contributed by atoms with E-state index in [1.54, 1.807) is 17.4 Å². The predicted molar refractivity (Wildman–Crippen MR) is 113 cm³/mol. The molecule has 0 unspecified atom stereocenters. The second-order valence-electron chi connectivity index (χ2n) is 5.64. The standard InChI is InChI=1S/C18H12Cl2N6S/c19-16-24-17(20)26-18(25-16)23-11-5-10(8-21)15(22)12(7-11)14-6-9-3-1-2-4-13(9)27-14/h1-8,21H,22H2,(H,23,24,25,26). The lowest BCUT2D eigenvalue weighted by Gasteiger charge is -2.12. The van der Waals surface area contributed by atoms with Gasteiger partial charge >= 0.3 is 0 Å². The smallest absolute Gasteiger partial charge is 0.232 e. The van der Waals surface area contributed by atoms with E-state index in [1.807, 2.05) is 18.2 Å². The van der Waals surface area contributed by atoms with Gasteiger partial charge in [0.05, 0.1) is 0 Å². The van der Waals surface area contributed by atoms with Crippen LogP contribution in [0.5, 0.6) is 0 Å². The summed E-state index contributed by atoms with van der Waals surface area (Å²) in [6.45, 7) is 0. The van der Waals surface area contributed by atoms with Gasteiger partial charge in [-0.05, 0) is 52.9 Å². The van der Waals surface area contributed by atoms with Crippen molar-refractivity contribution in [2.24, 2.45) is 0 Å². The van der Waals surface area contributed by atoms with Crippen molar-refractivity contribution in [2.45, 2.75) is 0 Å². The van der Waals surface area contributed by atoms with E-state index < -0.39 is 0 Å². The molecule has 6 nitrogen and oxygen atoms in total. The monoisotopic (exact) mass is 414 g/mol. The predicted octanol–water partition coefficient (Wildman–Crippen LogP) is 5.38. The Kier molecular flexibility index (Phi) is 4.65. The fourth-order valence-electron chi connectivity index (χ4n) is 2.70. The van der Waals surface area contributed by atoms with Crippen LogP contribution in [0.15, 0.2) is 42.5 Å². The van der Waals surface area contributed by atoms with E-state index in [1.165, 1.54) is 6.21 Å². The molecular formula is C18H12Cl2N6S. The number of nitrogens with two attached hydrogens (primary N) is 1. The van der Waals surface area contributed by atoms with E-state index in [0.717, 1.165) is 20.5 Å². The van der Waals surface area contributed by atoms with Crippen molar-refractivity contribution in [2.75, 3.05) is 11.1 Å². The van der Waals surface area contributed by atoms with E-state index >= 15 is 0 Å². The second-order valence-corrected chi connectivity index (χ2v) is 7.40. The van der Waals surface area contributed by atoms with E-state index in [0.29, 0.717) is 16.9 Å². The molecule has 0 radical (unpaired) electrons. The van der Waals surface area contributed by atoms with Crippen molar-refractivity contribution >= 4 is 68.2 Å². The molecule has 0 saturated heterocycles. The summed E-state index contributed by atoms with van der Waals surface area (Å²) in [5, 5.41) is 11.9. The van der Waals surface area contributed by atoms with Crippen LogP contribution >= 0.6 is 34.5 Å². The van der Waals surface area contributed by atoms with Crippen LogP contribution in [0.1, 0.15) is 5.56 Å². The Labute approximate surface area is 168 Å². The topological polar surface area (TPSA) is 101 Å². The molecule has 0 aliphatic rings. The summed E-state index contributed by atoms with van der Waals surface area (Å²) in [5.74, 6) is 0.211. The number of rotatable bonds is 4. The van der Waals surface area contributed by atoms with Gasteiger partial charge in [-0.15, -0.1) is 11.3 Å². The highest BCUT2D eigenvalue weighted by atomic mass is 35.5. The molecule has 0 aliphatic heterocycles. The van der Waals surface area contributed by atoms with Crippen molar-refractivity contribution in [3.63, 3.8) is 0 Å². The number of fused-ring (bicyclic) bond motifs is 1. The number of hydrogen-bond acceptors (Lipinski definition) is 7. The summed E-state index contributed by atoms with van der Waals surface area (Å²) in [7, 11) is 0. The SMILES string of the molecule is N=Cc1cc(Nc2nc(Cl)nc(Cl)n2)cc(-c2cc3ccccc3s2)c1N. The van der Waals surface area contributed by atoms with Crippen molar-refractivity contribution in [3.8, 4) is 10.4 Å². The fraction of sp³-hybridized carbons (Fsp3) is 0. The molecule has 134 valence electrons. The third kappa shape index (κ3) is 3.57. The zero-order valence-corrected chi connectivity index (χ0v) is 16.0. The number of nitrogens with one attached hydrogen (secondary N) is 2. The van der Waals surface area contributed by atoms with Crippen LogP contribution in [0, 0.1) is 5.41 Å². The Morgan fingerprint density at radius 1 is 1.04 bits per heavy atom. The first-order valence-electron chi connectivity index (χ1n) is 7.80. The zero-order valence-electron chi connectivity index (χ0n) is 13.7. The Hall–Kier alpha value is -2.74. The molecule has 27 heavy (non-hydrogen) atoms. The van der Waals surface area contributed by atoms with Crippen molar-refractivity contribution in [3.05, 3.63) is 58.6 Å². The molecule has 0 aliphatic carbocycles. The van der Waals surface area contributed by atoms with E-state index in [4.69, 9.17) is 34.3 Å². The molecule has 2 aromatic heterocycles. The van der Waals surface area contributed by atoms with Crippen molar-refractivity contribution in [1.29, 1.82) is 5.41 Å². The van der Waals surface area contributed by atoms with E-state index in [2.05, 4.69) is 38.5 Å². The quantitative estimate of drug-likeness (QED) is 0.307. The minimum absolute atomic E-state index is 0.00930. The van der Waals surface area contributed by atoms with Crippen LogP contribution in [0.4, 0.5) is 17.3 Å². The highest BCUT2D eigenvalue weighted by molar-refractivity contribution is 7.22. The molecule has 0 bridgehead atoms. The summed E-state index contributed by atoms with van der Waals surface area (Å²) in [6, 6.07) is 13.8. The molecule has 0 fully saturated rings. The summed E-state index contributed by atoms with van der Waals surface area (Å²) < 4.78 is 1.16. The minimum Gasteiger partial charge on any atom is -0.398 e. The van der Waals surface area contributed by atoms with Crippen LogP contribution in [0.25, 0.3) is 20.5 Å². The largest absolute Gasteiger partial charge is 0.398 e. The normalized spacial score (nSPS) is 10.9. The summed E-state index contributed by atoms with van der Waals surface area (Å²) in [4.78, 5) is 12.7. The lowest BCUT2D eigenvalue weighted by Crippen LogP contribution is -2.02. The molecule has 0 saturated carbocycles. The van der Waals surface area contributed by atoms with Crippen LogP contribution < -0.4 is 11.1 Å². The van der Waals surface area contributed by atoms with Gasteiger partial charge in [-0.2, -0.15) is 15.0 Å². The lowest BCUT2D eigenvalue weighted by atomic mass is 10.0. The average Bonchev–Trinajstić information content (AvgIpc) is 3.06. The van der Waals surface area contributed by atoms with Crippen LogP contribution in [-0.2, 0) is 0 Å². The molecule has 9 heteroatoms. The third-order valence-corrected chi connectivity index (χ3v) is 5.38. The van der Waals surface area contributed by atoms with Gasteiger partial charge in [0.2, 0.25) is 16.5 Å². The first kappa shape index (κ1) is 17.7. The van der Waals surface area contributed by atoms with Crippen LogP contribution in [0.2, 0.25) is 10.6 Å². The maximum absolute atomic E-state index is 7.68. The molecule has 4 rings (SSSR count). The number of aromatic nitrogens is 3. The highest BCUT2D eigenvalue weighted by Gasteiger charge is 2.13. The number of nitrogen functional groups attached to an aromatic ring is 1. The molecule has 0 atom stereocenters. The van der Waals surface area contributed by atoms with Crippen LogP contribution in [0.3, 0.4) is 0 Å². The van der Waals surface area contributed by atoms with Gasteiger partial charge in [0, 0.05) is 38.3 Å². The maximum atomic E-state index is 7.68. The molecule has 2 heterocycles. The van der Waals surface area contributed by atoms with E-state index in [-0.39, 0.29) is 16.5 Å². The number of halogens is 2. The number of hydrogen-bond donors (Lipinski definition) is 3. The Morgan fingerprint density at radius 2 is 1.78 bits per heavy atom. The fourth-order valence-corrected chi connectivity index (χ4v) is 4.15. The lowest BCUT2D eigenvalue weighted by molar-refractivity contribution is 1.05. The van der Waals surface area contributed by atoms with Gasteiger partial charge in [0.1, 0.15) is 0 Å². The van der Waals surface area contributed by atoms with Crippen molar-refractivity contribution < 1.29 is 0 Å². The molecule has 0 spiro atoms. The second kappa shape index (κ2) is 7.11. The molecule has 0 amide bonds. The number of anilines is 3. The van der Waals surface area contributed by atoms with Gasteiger partial charge in [-0.1, -0.05) is 18.2 Å². The van der Waals surface area contributed by atoms with Gasteiger partial charge < -0.3 is 16.5 Å². The van der Waals surface area contributed by atoms with Gasteiger partial charge in [0.15, 0.2) is 0 Å². The first-order valence-corrected chi connectivity index (χ1v) is 9.38. The molecule has 4 aromatic rings. The number of benzene rings is 2. The zero-order chi connectivity index (χ0) is 19.0. The van der Waals surface area contributed by atoms with Gasteiger partial charge in [-0.3, -0.25) is 0 Å². The maximum Gasteiger partial charge on any atom is 0.232 e. The summed E-state index contributed by atoms with van der Waals surface area (Å²) in [5.41, 5.74) is 8.91. The number of nitrogens with zero attached hydrogens (tertiary/aromatic N) is 3. The Balaban J connectivity index is 1.82. The minimum atomic E-state index is -0.00930. The molecule has 2 aromatic carbocycles. The van der Waals surface area contributed by atoms with Crippen molar-refractivity contribution in [1.82, 2.24) is 15.0 Å². The molecule has 4 N–H and O–H groups in total. The average molecular weight is 415 g/mol. The Bertz CT molecular complexity index is 1120. The first-order chi connectivity index (χ1) is 13.0. The Morgan fingerprint density at radius 3 is 2.48 bits per heavy atom. The number of thiophene rings is 1. The summed E-state index contributed by atoms with van der Waals surface area (Å²) in [6.07, 6.45) is 1.21. The van der Waals surface area contributed by atoms with E-state index in [9.17, 15) is 0 Å². The van der Waals surface area contributed by atoms with Crippen LogP contribution in [-0.4, -0.2) is 21.2 Å².